The molecule has 1 aromatic carbocycles. The third-order valence-electron chi connectivity index (χ3n) is 2.76. The van der Waals surface area contributed by atoms with Gasteiger partial charge in [-0.25, -0.2) is 0 Å². The van der Waals surface area contributed by atoms with Crippen molar-refractivity contribution in [1.29, 1.82) is 0 Å². The zero-order valence-corrected chi connectivity index (χ0v) is 9.42. The number of aromatic amines is 1. The Hall–Kier alpha value is -2.50. The molecule has 1 aliphatic heterocycles. The molecule has 18 heavy (non-hydrogen) atoms. The van der Waals surface area contributed by atoms with Gasteiger partial charge in [0.05, 0.1) is 5.69 Å². The fraction of sp³-hybridized carbons (Fsp3) is 0.167. The molecule has 0 fully saturated rings. The normalized spacial score (nSPS) is 17.4. The van der Waals surface area contributed by atoms with Crippen LogP contribution in [0.1, 0.15) is 22.2 Å². The molecule has 0 bridgehead atoms. The monoisotopic (exact) mass is 245 g/mol. The number of hydrogen-bond donors (Lipinski definition) is 2. The van der Waals surface area contributed by atoms with Crippen LogP contribution >= 0.6 is 0 Å². The van der Waals surface area contributed by atoms with Gasteiger partial charge >= 0.3 is 0 Å². The molecular weight excluding hydrogens is 234 g/mol. The first-order valence-electron chi connectivity index (χ1n) is 5.46. The van der Waals surface area contributed by atoms with Crippen molar-refractivity contribution >= 4 is 5.91 Å². The number of rotatable bonds is 2. The first-order chi connectivity index (χ1) is 8.74. The fourth-order valence-electron chi connectivity index (χ4n) is 1.82. The Morgan fingerprint density at radius 2 is 2.28 bits per heavy atom. The highest BCUT2D eigenvalue weighted by molar-refractivity contribution is 5.93. The van der Waals surface area contributed by atoms with Gasteiger partial charge in [0.25, 0.3) is 0 Å². The lowest BCUT2D eigenvalue weighted by Crippen LogP contribution is -2.22. The Kier molecular flexibility index (Phi) is 2.40. The number of carbonyl (C=O) groups excluding carboxylic acids is 1. The largest absolute Gasteiger partial charge is 0.485 e. The van der Waals surface area contributed by atoms with E-state index < -0.39 is 5.91 Å². The molecule has 0 aliphatic carbocycles. The third-order valence-corrected chi connectivity index (χ3v) is 2.76. The molecule has 1 aliphatic rings. The fourth-order valence-corrected chi connectivity index (χ4v) is 1.82. The molecule has 3 N–H and O–H groups in total. The van der Waals surface area contributed by atoms with Crippen molar-refractivity contribution in [2.45, 2.75) is 6.10 Å². The van der Waals surface area contributed by atoms with Crippen molar-refractivity contribution in [2.75, 3.05) is 6.61 Å². The second kappa shape index (κ2) is 4.06. The van der Waals surface area contributed by atoms with Gasteiger partial charge in [0.2, 0.25) is 5.91 Å². The molecule has 0 saturated heterocycles. The maximum atomic E-state index is 11.1. The van der Waals surface area contributed by atoms with Gasteiger partial charge in [-0.2, -0.15) is 5.10 Å². The number of ether oxygens (including phenoxy) is 2. The maximum Gasteiger partial charge on any atom is 0.248 e. The number of fused-ring (bicyclic) bond motifs is 1. The Balaban J connectivity index is 1.88. The summed E-state index contributed by atoms with van der Waals surface area (Å²) >= 11 is 0. The van der Waals surface area contributed by atoms with Gasteiger partial charge in [0, 0.05) is 11.8 Å². The van der Waals surface area contributed by atoms with E-state index in [0.717, 1.165) is 5.69 Å². The maximum absolute atomic E-state index is 11.1. The summed E-state index contributed by atoms with van der Waals surface area (Å²) in [7, 11) is 0. The predicted molar refractivity (Wildman–Crippen MR) is 62.4 cm³/mol. The van der Waals surface area contributed by atoms with Crippen LogP contribution < -0.4 is 15.2 Å². The second-order valence-corrected chi connectivity index (χ2v) is 3.96. The topological polar surface area (TPSA) is 90.2 Å². The minimum absolute atomic E-state index is 0.223. The third kappa shape index (κ3) is 1.77. The van der Waals surface area contributed by atoms with E-state index in [1.54, 1.807) is 24.4 Å². The summed E-state index contributed by atoms with van der Waals surface area (Å²) in [5.74, 6) is 0.630. The molecule has 92 valence electrons. The molecular formula is C12H11N3O3. The SMILES string of the molecule is NC(=O)c1ccc2c(c1)OCC(c1ccn[nH]1)O2. The molecule has 1 aromatic heterocycles. The predicted octanol–water partition coefficient (Wildman–Crippen LogP) is 1.02. The molecule has 2 aromatic rings. The number of nitrogens with two attached hydrogens (primary N) is 1. The van der Waals surface area contributed by atoms with E-state index in [4.69, 9.17) is 15.2 Å². The van der Waals surface area contributed by atoms with Crippen LogP contribution in [0.25, 0.3) is 0 Å². The van der Waals surface area contributed by atoms with Gasteiger partial charge in [-0.05, 0) is 24.3 Å². The number of aromatic nitrogens is 2. The summed E-state index contributed by atoms with van der Waals surface area (Å²) in [6, 6.07) is 6.70. The molecule has 6 heteroatoms. The Bertz CT molecular complexity index is 580. The molecule has 2 heterocycles. The summed E-state index contributed by atoms with van der Waals surface area (Å²) in [6.45, 7) is 0.359. The van der Waals surface area contributed by atoms with Crippen molar-refractivity contribution in [3.63, 3.8) is 0 Å². The van der Waals surface area contributed by atoms with Crippen LogP contribution in [-0.4, -0.2) is 22.7 Å². The molecule has 0 saturated carbocycles. The van der Waals surface area contributed by atoms with Crippen molar-refractivity contribution in [2.24, 2.45) is 5.73 Å². The lowest BCUT2D eigenvalue weighted by Gasteiger charge is -2.25. The van der Waals surface area contributed by atoms with Crippen LogP contribution in [0.15, 0.2) is 30.5 Å². The minimum Gasteiger partial charge on any atom is -0.485 e. The van der Waals surface area contributed by atoms with E-state index in [1.807, 2.05) is 6.07 Å². The van der Waals surface area contributed by atoms with Crippen molar-refractivity contribution in [3.8, 4) is 11.5 Å². The zero-order valence-electron chi connectivity index (χ0n) is 9.42. The van der Waals surface area contributed by atoms with E-state index >= 15 is 0 Å². The highest BCUT2D eigenvalue weighted by Gasteiger charge is 2.24. The number of benzene rings is 1. The smallest absolute Gasteiger partial charge is 0.248 e. The van der Waals surface area contributed by atoms with E-state index in [0.29, 0.717) is 23.7 Å². The quantitative estimate of drug-likeness (QED) is 0.826. The van der Waals surface area contributed by atoms with Crippen molar-refractivity contribution in [3.05, 3.63) is 41.7 Å². The van der Waals surface area contributed by atoms with Crippen molar-refractivity contribution in [1.82, 2.24) is 10.2 Å². The van der Waals surface area contributed by atoms with E-state index in [1.165, 1.54) is 0 Å². The lowest BCUT2D eigenvalue weighted by molar-refractivity contribution is 0.0877. The van der Waals surface area contributed by atoms with Crippen LogP contribution in [0.3, 0.4) is 0 Å². The molecule has 0 spiro atoms. The van der Waals surface area contributed by atoms with E-state index in [9.17, 15) is 4.79 Å². The summed E-state index contributed by atoms with van der Waals surface area (Å²) < 4.78 is 11.3. The highest BCUT2D eigenvalue weighted by Crippen LogP contribution is 2.36. The first-order valence-corrected chi connectivity index (χ1v) is 5.46. The highest BCUT2D eigenvalue weighted by atomic mass is 16.6. The number of nitrogens with one attached hydrogen (secondary N) is 1. The number of primary amides is 1. The van der Waals surface area contributed by atoms with Crippen LogP contribution in [0.4, 0.5) is 0 Å². The molecule has 1 amide bonds. The Morgan fingerprint density at radius 1 is 1.39 bits per heavy atom. The van der Waals surface area contributed by atoms with E-state index in [2.05, 4.69) is 10.2 Å². The summed E-state index contributed by atoms with van der Waals surface area (Å²) in [6.07, 6.45) is 1.43. The van der Waals surface area contributed by atoms with Crippen LogP contribution in [0, 0.1) is 0 Å². The van der Waals surface area contributed by atoms with Crippen LogP contribution in [0.2, 0.25) is 0 Å². The van der Waals surface area contributed by atoms with Gasteiger partial charge < -0.3 is 15.2 Å². The molecule has 3 rings (SSSR count). The second-order valence-electron chi connectivity index (χ2n) is 3.96. The van der Waals surface area contributed by atoms with Gasteiger partial charge in [0.1, 0.15) is 6.61 Å². The Labute approximate surface area is 103 Å². The molecule has 0 radical (unpaired) electrons. The van der Waals surface area contributed by atoms with Gasteiger partial charge in [-0.3, -0.25) is 9.89 Å². The van der Waals surface area contributed by atoms with Gasteiger partial charge in [0.15, 0.2) is 17.6 Å². The number of carbonyl (C=O) groups is 1. The molecule has 1 atom stereocenters. The number of amides is 1. The average Bonchev–Trinajstić information content (AvgIpc) is 2.91. The van der Waals surface area contributed by atoms with Gasteiger partial charge in [-0.1, -0.05) is 0 Å². The summed E-state index contributed by atoms with van der Waals surface area (Å²) in [5.41, 5.74) is 6.45. The standard InChI is InChI=1S/C12H11N3O3/c13-12(16)7-1-2-9-10(5-7)17-6-11(18-9)8-3-4-14-15-8/h1-5,11H,6H2,(H2,13,16)(H,14,15). The number of nitrogens with zero attached hydrogens (tertiary/aromatic N) is 1. The van der Waals surface area contributed by atoms with Crippen LogP contribution in [-0.2, 0) is 0 Å². The van der Waals surface area contributed by atoms with Gasteiger partial charge in [-0.15, -0.1) is 0 Å². The van der Waals surface area contributed by atoms with Crippen molar-refractivity contribution < 1.29 is 14.3 Å². The van der Waals surface area contributed by atoms with E-state index in [-0.39, 0.29) is 6.10 Å². The molecule has 1 unspecified atom stereocenters. The summed E-state index contributed by atoms with van der Waals surface area (Å²) in [4.78, 5) is 11.1. The minimum atomic E-state index is -0.489. The first kappa shape index (κ1) is 10.6. The molecule has 6 nitrogen and oxygen atoms in total. The zero-order chi connectivity index (χ0) is 12.5. The number of H-pyrrole nitrogens is 1. The number of hydrogen-bond acceptors (Lipinski definition) is 4. The average molecular weight is 245 g/mol. The summed E-state index contributed by atoms with van der Waals surface area (Å²) in [5, 5.41) is 6.71. The Morgan fingerprint density at radius 3 is 3.00 bits per heavy atom. The lowest BCUT2D eigenvalue weighted by atomic mass is 10.1. The van der Waals surface area contributed by atoms with Crippen LogP contribution in [0.5, 0.6) is 11.5 Å².